The van der Waals surface area contributed by atoms with E-state index in [-0.39, 0.29) is 17.2 Å². The van der Waals surface area contributed by atoms with Crippen molar-refractivity contribution in [3.05, 3.63) is 44.4 Å². The van der Waals surface area contributed by atoms with Crippen LogP contribution in [0.25, 0.3) is 0 Å². The highest BCUT2D eigenvalue weighted by molar-refractivity contribution is 7.13. The van der Waals surface area contributed by atoms with Crippen molar-refractivity contribution in [3.63, 3.8) is 0 Å². The molecule has 0 atom stereocenters. The van der Waals surface area contributed by atoms with Gasteiger partial charge in [-0.05, 0) is 50.5 Å². The van der Waals surface area contributed by atoms with Crippen LogP contribution in [0.15, 0.2) is 12.1 Å². The molecule has 7 heteroatoms. The average Bonchev–Trinajstić information content (AvgIpc) is 2.88. The minimum Gasteiger partial charge on any atom is -0.544 e. The highest BCUT2D eigenvalue weighted by Gasteiger charge is 2.12. The Balaban J connectivity index is 1.81. The number of rotatable bonds is 7. The Morgan fingerprint density at radius 1 is 1.24 bits per heavy atom. The summed E-state index contributed by atoms with van der Waals surface area (Å²) in [4.78, 5) is 27.0. The van der Waals surface area contributed by atoms with E-state index in [1.54, 1.807) is 6.92 Å². The van der Waals surface area contributed by atoms with Gasteiger partial charge in [-0.15, -0.1) is 11.3 Å². The molecule has 0 fully saturated rings. The maximum Gasteiger partial charge on any atom is 0.226 e. The number of aromatic nitrogens is 1. The van der Waals surface area contributed by atoms with Crippen molar-refractivity contribution in [2.75, 3.05) is 13.2 Å². The third-order valence-electron chi connectivity index (χ3n) is 3.78. The molecular formula is C18H21N2O4S-. The van der Waals surface area contributed by atoms with E-state index in [1.807, 2.05) is 26.8 Å². The molecule has 0 radical (unpaired) electrons. The van der Waals surface area contributed by atoms with Gasteiger partial charge in [0.05, 0.1) is 29.5 Å². The number of hydrogen-bond acceptors (Lipinski definition) is 6. The smallest absolute Gasteiger partial charge is 0.226 e. The van der Waals surface area contributed by atoms with Gasteiger partial charge in [0.15, 0.2) is 0 Å². The summed E-state index contributed by atoms with van der Waals surface area (Å²) < 4.78 is 5.74. The van der Waals surface area contributed by atoms with Crippen LogP contribution in [0.5, 0.6) is 5.75 Å². The number of thiazole rings is 1. The van der Waals surface area contributed by atoms with Crippen molar-refractivity contribution in [2.24, 2.45) is 0 Å². The fourth-order valence-electron chi connectivity index (χ4n) is 2.42. The number of carbonyl (C=O) groups is 2. The summed E-state index contributed by atoms with van der Waals surface area (Å²) in [6.07, 6.45) is 0.0430. The van der Waals surface area contributed by atoms with Gasteiger partial charge in [-0.2, -0.15) is 0 Å². The van der Waals surface area contributed by atoms with Crippen molar-refractivity contribution in [1.29, 1.82) is 0 Å². The van der Waals surface area contributed by atoms with Crippen LogP contribution in [-0.2, 0) is 11.2 Å². The summed E-state index contributed by atoms with van der Waals surface area (Å²) >= 11 is 0.972. The van der Waals surface area contributed by atoms with Gasteiger partial charge in [0, 0.05) is 0 Å². The molecule has 1 aromatic carbocycles. The zero-order valence-corrected chi connectivity index (χ0v) is 15.6. The monoisotopic (exact) mass is 361 g/mol. The molecular weight excluding hydrogens is 340 g/mol. The first-order valence-electron chi connectivity index (χ1n) is 7.93. The van der Waals surface area contributed by atoms with Crippen molar-refractivity contribution in [1.82, 2.24) is 10.3 Å². The summed E-state index contributed by atoms with van der Waals surface area (Å²) in [7, 11) is 0. The summed E-state index contributed by atoms with van der Waals surface area (Å²) in [6.45, 7) is 8.36. The average molecular weight is 361 g/mol. The van der Waals surface area contributed by atoms with E-state index in [4.69, 9.17) is 4.74 Å². The van der Waals surface area contributed by atoms with Gasteiger partial charge >= 0.3 is 0 Å². The van der Waals surface area contributed by atoms with E-state index in [9.17, 15) is 14.7 Å². The maximum absolute atomic E-state index is 11.9. The highest BCUT2D eigenvalue weighted by atomic mass is 32.1. The lowest BCUT2D eigenvalue weighted by molar-refractivity contribution is -0.254. The van der Waals surface area contributed by atoms with Gasteiger partial charge in [0.25, 0.3) is 0 Å². The molecule has 1 amide bonds. The maximum atomic E-state index is 11.9. The number of amides is 1. The number of benzene rings is 1. The van der Waals surface area contributed by atoms with Crippen LogP contribution in [-0.4, -0.2) is 30.0 Å². The fraction of sp³-hybridized carbons (Fsp3) is 0.389. The molecule has 2 aromatic rings. The van der Waals surface area contributed by atoms with Gasteiger partial charge in [-0.1, -0.05) is 6.07 Å². The number of nitrogens with zero attached hydrogens (tertiary/aromatic N) is 1. The third-order valence-corrected chi connectivity index (χ3v) is 4.92. The van der Waals surface area contributed by atoms with Crippen molar-refractivity contribution < 1.29 is 19.4 Å². The molecule has 1 heterocycles. The normalized spacial score (nSPS) is 10.6. The first-order valence-corrected chi connectivity index (χ1v) is 8.74. The SMILES string of the molecule is Cc1cc(C)c(C)c(OCCNC(=O)Cc2nc(C)c(C(=O)[O-])s2)c1. The minimum absolute atomic E-state index is 0.0430. The predicted octanol–water partition coefficient (Wildman–Crippen LogP) is 1.48. The molecule has 0 bridgehead atoms. The Hall–Kier alpha value is -2.41. The van der Waals surface area contributed by atoms with Crippen molar-refractivity contribution >= 4 is 23.2 Å². The van der Waals surface area contributed by atoms with E-state index in [2.05, 4.69) is 16.4 Å². The zero-order chi connectivity index (χ0) is 18.6. The van der Waals surface area contributed by atoms with E-state index >= 15 is 0 Å². The highest BCUT2D eigenvalue weighted by Crippen LogP contribution is 2.23. The minimum atomic E-state index is -1.26. The molecule has 1 aromatic heterocycles. The molecule has 0 saturated heterocycles. The molecule has 1 N–H and O–H groups in total. The van der Waals surface area contributed by atoms with Crippen molar-refractivity contribution in [3.8, 4) is 5.75 Å². The van der Waals surface area contributed by atoms with Crippen LogP contribution in [0.1, 0.15) is 37.1 Å². The number of hydrogen-bond donors (Lipinski definition) is 1. The van der Waals surface area contributed by atoms with Gasteiger partial charge < -0.3 is 20.0 Å². The van der Waals surface area contributed by atoms with Gasteiger partial charge in [-0.25, -0.2) is 4.98 Å². The molecule has 0 aliphatic carbocycles. The number of carbonyl (C=O) groups excluding carboxylic acids is 2. The number of carboxylic acids is 1. The second-order valence-corrected chi connectivity index (χ2v) is 6.97. The van der Waals surface area contributed by atoms with Crippen LogP contribution in [0.2, 0.25) is 0 Å². The Bertz CT molecular complexity index is 799. The van der Waals surface area contributed by atoms with Crippen molar-refractivity contribution in [2.45, 2.75) is 34.1 Å². The summed E-state index contributed by atoms with van der Waals surface area (Å²) in [5.41, 5.74) is 3.76. The first kappa shape index (κ1) is 18.9. The zero-order valence-electron chi connectivity index (χ0n) is 14.8. The lowest BCUT2D eigenvalue weighted by atomic mass is 10.1. The molecule has 6 nitrogen and oxygen atoms in total. The Kier molecular flexibility index (Phi) is 6.14. The van der Waals surface area contributed by atoms with E-state index < -0.39 is 5.97 Å². The van der Waals surface area contributed by atoms with Gasteiger partial charge in [-0.3, -0.25) is 4.79 Å². The van der Waals surface area contributed by atoms with Crippen LogP contribution in [0.4, 0.5) is 0 Å². The van der Waals surface area contributed by atoms with Crippen LogP contribution in [0.3, 0.4) is 0 Å². The number of aryl methyl sites for hydroxylation is 3. The quantitative estimate of drug-likeness (QED) is 0.754. The number of carboxylic acid groups (broad SMARTS) is 1. The topological polar surface area (TPSA) is 91.3 Å². The summed E-state index contributed by atoms with van der Waals surface area (Å²) in [5.74, 6) is -0.667. The molecule has 0 aliphatic heterocycles. The summed E-state index contributed by atoms with van der Waals surface area (Å²) in [6, 6.07) is 4.07. The van der Waals surface area contributed by atoms with Crippen LogP contribution in [0, 0.1) is 27.7 Å². The molecule has 0 unspecified atom stereocenters. The number of ether oxygens (including phenoxy) is 1. The second-order valence-electron chi connectivity index (χ2n) is 5.89. The third kappa shape index (κ3) is 5.03. The lowest BCUT2D eigenvalue weighted by Gasteiger charge is -2.12. The van der Waals surface area contributed by atoms with E-state index in [0.29, 0.717) is 23.9 Å². The number of aromatic carboxylic acids is 1. The standard InChI is InChI=1S/C18H22N2O4S/c1-10-7-11(2)12(3)14(8-10)24-6-5-19-15(21)9-16-20-13(4)17(25-16)18(22)23/h7-8H,5-6,9H2,1-4H3,(H,19,21)(H,22,23)/p-1. The van der Waals surface area contributed by atoms with Gasteiger partial charge in [0.1, 0.15) is 17.4 Å². The van der Waals surface area contributed by atoms with Crippen LogP contribution >= 0.6 is 11.3 Å². The Morgan fingerprint density at radius 2 is 1.96 bits per heavy atom. The molecule has 0 saturated carbocycles. The predicted molar refractivity (Wildman–Crippen MR) is 94.0 cm³/mol. The first-order chi connectivity index (χ1) is 11.8. The fourth-order valence-corrected chi connectivity index (χ4v) is 3.32. The second kappa shape index (κ2) is 8.11. The van der Waals surface area contributed by atoms with Crippen LogP contribution < -0.4 is 15.2 Å². The molecule has 0 spiro atoms. The number of nitrogens with one attached hydrogen (secondary N) is 1. The Morgan fingerprint density at radius 3 is 2.60 bits per heavy atom. The Labute approximate surface area is 150 Å². The van der Waals surface area contributed by atoms with E-state index in [0.717, 1.165) is 28.2 Å². The molecule has 0 aliphatic rings. The largest absolute Gasteiger partial charge is 0.544 e. The molecule has 25 heavy (non-hydrogen) atoms. The van der Waals surface area contributed by atoms with Gasteiger partial charge in [0.2, 0.25) is 5.91 Å². The summed E-state index contributed by atoms with van der Waals surface area (Å²) in [5, 5.41) is 14.1. The lowest BCUT2D eigenvalue weighted by Crippen LogP contribution is -2.29. The molecule has 134 valence electrons. The molecule has 2 rings (SSSR count). The van der Waals surface area contributed by atoms with E-state index in [1.165, 1.54) is 5.56 Å².